The van der Waals surface area contributed by atoms with Crippen LogP contribution in [0, 0.1) is 11.8 Å². The second-order valence-electron chi connectivity index (χ2n) is 13.3. The monoisotopic (exact) mass is 694 g/mol. The molecule has 2 aliphatic rings. The number of pyridine rings is 1. The molecule has 5 N–H and O–H groups in total. The number of hydrogen-bond donors (Lipinski definition) is 4. The van der Waals surface area contributed by atoms with E-state index in [1.54, 1.807) is 0 Å². The third-order valence-corrected chi connectivity index (χ3v) is 10.3. The van der Waals surface area contributed by atoms with Crippen molar-refractivity contribution in [3.63, 3.8) is 0 Å². The van der Waals surface area contributed by atoms with Gasteiger partial charge in [0.1, 0.15) is 17.9 Å². The molecule has 1 saturated heterocycles. The van der Waals surface area contributed by atoms with E-state index in [0.29, 0.717) is 62.5 Å². The number of hydrogen-bond acceptors (Lipinski definition) is 10. The molecule has 15 heteroatoms. The van der Waals surface area contributed by atoms with Gasteiger partial charge in [-0.3, -0.25) is 28.9 Å². The normalized spacial score (nSPS) is 19.8. The SMILES string of the molecule is CCOCc1nc2c(N)nc3ccccc3c2n1CC(C)(C)NC(=O)CNC(=O)C1CCC(CN2C(=O)CC(SCC(=O)NC)C2=O)CC1. The van der Waals surface area contributed by atoms with Gasteiger partial charge in [0.05, 0.1) is 34.1 Å². The van der Waals surface area contributed by atoms with Gasteiger partial charge in [0.25, 0.3) is 0 Å². The zero-order chi connectivity index (χ0) is 35.3. The van der Waals surface area contributed by atoms with Gasteiger partial charge in [0.2, 0.25) is 29.5 Å². The van der Waals surface area contributed by atoms with E-state index < -0.39 is 10.8 Å². The number of nitrogens with two attached hydrogens (primary N) is 1. The number of para-hydroxylation sites is 1. The lowest BCUT2D eigenvalue weighted by Crippen LogP contribution is -2.50. The second-order valence-corrected chi connectivity index (χ2v) is 14.5. The van der Waals surface area contributed by atoms with E-state index in [2.05, 4.69) is 20.9 Å². The van der Waals surface area contributed by atoms with E-state index in [1.807, 2.05) is 49.6 Å². The van der Waals surface area contributed by atoms with Crippen LogP contribution in [0.3, 0.4) is 0 Å². The van der Waals surface area contributed by atoms with Crippen molar-refractivity contribution >= 4 is 69.1 Å². The van der Waals surface area contributed by atoms with E-state index in [-0.39, 0.29) is 66.7 Å². The number of imidazole rings is 1. The number of nitrogens with zero attached hydrogens (tertiary/aromatic N) is 4. The fourth-order valence-electron chi connectivity index (χ4n) is 6.64. The van der Waals surface area contributed by atoms with Crippen molar-refractivity contribution in [2.24, 2.45) is 11.8 Å². The Bertz CT molecular complexity index is 1730. The van der Waals surface area contributed by atoms with Crippen LogP contribution < -0.4 is 21.7 Å². The highest BCUT2D eigenvalue weighted by atomic mass is 32.2. The number of carbonyl (C=O) groups excluding carboxylic acids is 5. The topological polar surface area (TPSA) is 191 Å². The number of amides is 5. The van der Waals surface area contributed by atoms with Crippen LogP contribution in [0.4, 0.5) is 5.82 Å². The Morgan fingerprint density at radius 1 is 1.08 bits per heavy atom. The summed E-state index contributed by atoms with van der Waals surface area (Å²) < 4.78 is 7.73. The summed E-state index contributed by atoms with van der Waals surface area (Å²) in [5.41, 5.74) is 7.73. The van der Waals surface area contributed by atoms with E-state index >= 15 is 0 Å². The van der Waals surface area contributed by atoms with Gasteiger partial charge in [-0.15, -0.1) is 11.8 Å². The number of carbonyl (C=O) groups is 5. The molecule has 1 aromatic carbocycles. The maximum Gasteiger partial charge on any atom is 0.242 e. The van der Waals surface area contributed by atoms with E-state index in [0.717, 1.165) is 16.4 Å². The highest BCUT2D eigenvalue weighted by molar-refractivity contribution is 8.01. The van der Waals surface area contributed by atoms with Crippen LogP contribution >= 0.6 is 11.8 Å². The zero-order valence-corrected chi connectivity index (χ0v) is 29.4. The van der Waals surface area contributed by atoms with Gasteiger partial charge in [-0.2, -0.15) is 0 Å². The number of benzene rings is 1. The third kappa shape index (κ3) is 8.50. The Hall–Kier alpha value is -4.24. The van der Waals surface area contributed by atoms with Crippen LogP contribution in [0.5, 0.6) is 0 Å². The minimum Gasteiger partial charge on any atom is -0.382 e. The second kappa shape index (κ2) is 15.5. The lowest BCUT2D eigenvalue weighted by atomic mass is 9.81. The van der Waals surface area contributed by atoms with E-state index in [1.165, 1.54) is 23.7 Å². The van der Waals surface area contributed by atoms with Crippen LogP contribution in [0.25, 0.3) is 21.9 Å². The zero-order valence-electron chi connectivity index (χ0n) is 28.5. The molecule has 0 radical (unpaired) electrons. The standard InChI is InChI=1S/C34H46N8O6S/c1-5-48-17-25-39-29-30(22-8-6-7-9-23(22)38-31(29)35)42(25)19-34(2,3)40-26(43)15-37-32(46)21-12-10-20(11-13-21)16-41-28(45)14-24(33(41)47)49-18-27(44)36-4/h6-9,20-21,24H,5,10-19H2,1-4H3,(H2,35,38)(H,36,44)(H,37,46)(H,40,43). The molecule has 14 nitrogen and oxygen atoms in total. The molecular formula is C34H46N8O6S. The molecule has 1 aliphatic heterocycles. The Morgan fingerprint density at radius 2 is 1.82 bits per heavy atom. The van der Waals surface area contributed by atoms with Gasteiger partial charge in [-0.05, 0) is 58.4 Å². The molecule has 0 bridgehead atoms. The lowest BCUT2D eigenvalue weighted by Gasteiger charge is -2.30. The number of anilines is 1. The minimum absolute atomic E-state index is 0.105. The Kier molecular flexibility index (Phi) is 11.4. The molecule has 0 spiro atoms. The Morgan fingerprint density at radius 3 is 2.53 bits per heavy atom. The largest absolute Gasteiger partial charge is 0.382 e. The molecule has 49 heavy (non-hydrogen) atoms. The number of nitrogen functional groups attached to an aromatic ring is 1. The maximum atomic E-state index is 13.1. The molecule has 1 unspecified atom stereocenters. The first-order valence-electron chi connectivity index (χ1n) is 16.8. The number of imide groups is 1. The maximum absolute atomic E-state index is 13.1. The predicted octanol–water partition coefficient (Wildman–Crippen LogP) is 2.13. The molecule has 3 heterocycles. The molecule has 1 aliphatic carbocycles. The fraction of sp³-hybridized carbons (Fsp3) is 0.559. The highest BCUT2D eigenvalue weighted by Crippen LogP contribution is 2.33. The summed E-state index contributed by atoms with van der Waals surface area (Å²) >= 11 is 1.19. The van der Waals surface area contributed by atoms with Crippen molar-refractivity contribution < 1.29 is 28.7 Å². The first-order valence-corrected chi connectivity index (χ1v) is 17.8. The van der Waals surface area contributed by atoms with Gasteiger partial charge < -0.3 is 31.0 Å². The molecule has 3 aromatic rings. The van der Waals surface area contributed by atoms with Crippen LogP contribution in [0.1, 0.15) is 58.7 Å². The van der Waals surface area contributed by atoms with Crippen LogP contribution in [-0.2, 0) is 41.9 Å². The number of thioether (sulfide) groups is 1. The van der Waals surface area contributed by atoms with Crippen LogP contribution in [-0.4, -0.2) is 92.3 Å². The molecule has 2 fully saturated rings. The van der Waals surface area contributed by atoms with Gasteiger partial charge >= 0.3 is 0 Å². The fourth-order valence-corrected chi connectivity index (χ4v) is 7.66. The average molecular weight is 695 g/mol. The molecule has 5 amide bonds. The van der Waals surface area contributed by atoms with Crippen LogP contribution in [0.2, 0.25) is 0 Å². The van der Waals surface area contributed by atoms with Crippen molar-refractivity contribution in [2.45, 2.75) is 76.8 Å². The van der Waals surface area contributed by atoms with E-state index in [9.17, 15) is 24.0 Å². The molecule has 264 valence electrons. The summed E-state index contributed by atoms with van der Waals surface area (Å²) in [5.74, 6) is -0.148. The molecule has 2 aromatic heterocycles. The highest BCUT2D eigenvalue weighted by Gasteiger charge is 2.40. The minimum atomic E-state index is -0.724. The van der Waals surface area contributed by atoms with Crippen molar-refractivity contribution in [3.8, 4) is 0 Å². The predicted molar refractivity (Wildman–Crippen MR) is 187 cm³/mol. The first kappa shape index (κ1) is 36.1. The average Bonchev–Trinajstić information content (AvgIpc) is 3.57. The summed E-state index contributed by atoms with van der Waals surface area (Å²) in [6.45, 7) is 7.06. The quantitative estimate of drug-likeness (QED) is 0.182. The van der Waals surface area contributed by atoms with Gasteiger partial charge in [-0.1, -0.05) is 18.2 Å². The third-order valence-electron chi connectivity index (χ3n) is 9.13. The lowest BCUT2D eigenvalue weighted by molar-refractivity contribution is -0.139. The summed E-state index contributed by atoms with van der Waals surface area (Å²) in [6.07, 6.45) is 2.71. The molecule has 5 rings (SSSR count). The summed E-state index contributed by atoms with van der Waals surface area (Å²) in [5, 5.41) is 8.74. The van der Waals surface area contributed by atoms with E-state index in [4.69, 9.17) is 15.5 Å². The van der Waals surface area contributed by atoms with Crippen molar-refractivity contribution in [1.29, 1.82) is 0 Å². The van der Waals surface area contributed by atoms with Crippen molar-refractivity contribution in [2.75, 3.05) is 38.2 Å². The van der Waals surface area contributed by atoms with Crippen LogP contribution in [0.15, 0.2) is 24.3 Å². The molecule has 1 atom stereocenters. The molecular weight excluding hydrogens is 648 g/mol. The Labute approximate surface area is 289 Å². The van der Waals surface area contributed by atoms with Gasteiger partial charge in [0, 0.05) is 44.5 Å². The summed E-state index contributed by atoms with van der Waals surface area (Å²) in [7, 11) is 1.53. The number of nitrogens with one attached hydrogen (secondary N) is 3. The first-order chi connectivity index (χ1) is 23.4. The van der Waals surface area contributed by atoms with Gasteiger partial charge in [-0.25, -0.2) is 9.97 Å². The summed E-state index contributed by atoms with van der Waals surface area (Å²) in [4.78, 5) is 73.7. The van der Waals surface area contributed by atoms with Crippen molar-refractivity contribution in [1.82, 2.24) is 35.4 Å². The number of rotatable bonds is 14. The Balaban J connectivity index is 1.13. The number of ether oxygens (including phenoxy) is 1. The summed E-state index contributed by atoms with van der Waals surface area (Å²) in [6, 6.07) is 7.70. The number of likely N-dealkylation sites (tertiary alicyclic amines) is 1. The number of fused-ring (bicyclic) bond motifs is 3. The smallest absolute Gasteiger partial charge is 0.242 e. The molecule has 1 saturated carbocycles. The van der Waals surface area contributed by atoms with Gasteiger partial charge in [0.15, 0.2) is 5.82 Å². The number of aromatic nitrogens is 3. The van der Waals surface area contributed by atoms with Crippen molar-refractivity contribution in [3.05, 3.63) is 30.1 Å².